The highest BCUT2D eigenvalue weighted by Crippen LogP contribution is 2.26. The van der Waals surface area contributed by atoms with Crippen LogP contribution in [0.1, 0.15) is 37.8 Å². The molecule has 3 nitrogen and oxygen atoms in total. The maximum absolute atomic E-state index is 5.60. The number of hydrogen-bond donors (Lipinski definition) is 1. The molecule has 1 aliphatic heterocycles. The lowest BCUT2D eigenvalue weighted by Crippen LogP contribution is -2.45. The van der Waals surface area contributed by atoms with Crippen LogP contribution in [-0.2, 0) is 11.3 Å². The van der Waals surface area contributed by atoms with Crippen LogP contribution in [0.15, 0.2) is 18.2 Å². The standard InChI is InChI=1S/C17H28N2O/c1-4-8-18-12-15-6-7-17(14(3)11-15)19-9-10-20-13-16(19)5-2/h6-7,11,16,18H,4-5,8-10,12-13H2,1-3H3. The van der Waals surface area contributed by atoms with Crippen LogP contribution >= 0.6 is 0 Å². The first kappa shape index (κ1) is 15.3. The molecular weight excluding hydrogens is 248 g/mol. The van der Waals surface area contributed by atoms with Crippen LogP contribution in [0, 0.1) is 6.92 Å². The molecule has 112 valence electrons. The molecule has 1 unspecified atom stereocenters. The fraction of sp³-hybridized carbons (Fsp3) is 0.647. The topological polar surface area (TPSA) is 24.5 Å². The van der Waals surface area contributed by atoms with Crippen molar-refractivity contribution in [1.82, 2.24) is 5.32 Å². The van der Waals surface area contributed by atoms with Gasteiger partial charge in [0.2, 0.25) is 0 Å². The van der Waals surface area contributed by atoms with Crippen molar-refractivity contribution in [1.29, 1.82) is 0 Å². The van der Waals surface area contributed by atoms with E-state index < -0.39 is 0 Å². The number of nitrogens with one attached hydrogen (secondary N) is 1. The summed E-state index contributed by atoms with van der Waals surface area (Å²) >= 11 is 0. The van der Waals surface area contributed by atoms with Gasteiger partial charge in [-0.15, -0.1) is 0 Å². The maximum Gasteiger partial charge on any atom is 0.0670 e. The zero-order valence-corrected chi connectivity index (χ0v) is 13.1. The summed E-state index contributed by atoms with van der Waals surface area (Å²) in [5, 5.41) is 3.46. The minimum absolute atomic E-state index is 0.520. The molecule has 1 saturated heterocycles. The van der Waals surface area contributed by atoms with Gasteiger partial charge in [-0.25, -0.2) is 0 Å². The Morgan fingerprint density at radius 3 is 2.90 bits per heavy atom. The molecule has 2 rings (SSSR count). The Morgan fingerprint density at radius 2 is 2.20 bits per heavy atom. The normalized spacial score (nSPS) is 19.4. The van der Waals surface area contributed by atoms with E-state index in [9.17, 15) is 0 Å². The fourth-order valence-corrected chi connectivity index (χ4v) is 2.87. The molecule has 20 heavy (non-hydrogen) atoms. The Balaban J connectivity index is 2.08. The summed E-state index contributed by atoms with van der Waals surface area (Å²) in [7, 11) is 0. The Labute approximate surface area is 123 Å². The molecule has 1 aromatic carbocycles. The average molecular weight is 276 g/mol. The quantitative estimate of drug-likeness (QED) is 0.808. The molecule has 1 N–H and O–H groups in total. The van der Waals surface area contributed by atoms with Gasteiger partial charge < -0.3 is 15.0 Å². The molecule has 0 bridgehead atoms. The van der Waals surface area contributed by atoms with E-state index in [-0.39, 0.29) is 0 Å². The van der Waals surface area contributed by atoms with E-state index >= 15 is 0 Å². The van der Waals surface area contributed by atoms with Gasteiger partial charge in [0.15, 0.2) is 0 Å². The molecule has 1 aromatic rings. The second-order valence-corrected chi connectivity index (χ2v) is 5.63. The molecule has 0 spiro atoms. The highest BCUT2D eigenvalue weighted by atomic mass is 16.5. The van der Waals surface area contributed by atoms with Crippen LogP contribution in [0.3, 0.4) is 0 Å². The number of anilines is 1. The van der Waals surface area contributed by atoms with Crippen LogP contribution in [0.4, 0.5) is 5.69 Å². The van der Waals surface area contributed by atoms with E-state index in [0.29, 0.717) is 6.04 Å². The number of aryl methyl sites for hydroxylation is 1. The maximum atomic E-state index is 5.60. The van der Waals surface area contributed by atoms with E-state index in [1.165, 1.54) is 23.2 Å². The van der Waals surface area contributed by atoms with Gasteiger partial charge in [0.05, 0.1) is 19.3 Å². The van der Waals surface area contributed by atoms with Crippen molar-refractivity contribution in [3.05, 3.63) is 29.3 Å². The fourth-order valence-electron chi connectivity index (χ4n) is 2.87. The summed E-state index contributed by atoms with van der Waals surface area (Å²) in [5.41, 5.74) is 4.13. The molecule has 0 saturated carbocycles. The number of ether oxygens (including phenoxy) is 1. The van der Waals surface area contributed by atoms with E-state index in [4.69, 9.17) is 4.74 Å². The lowest BCUT2D eigenvalue weighted by Gasteiger charge is -2.38. The first-order valence-corrected chi connectivity index (χ1v) is 7.90. The largest absolute Gasteiger partial charge is 0.377 e. The smallest absolute Gasteiger partial charge is 0.0670 e. The van der Waals surface area contributed by atoms with E-state index in [2.05, 4.69) is 49.2 Å². The highest BCUT2D eigenvalue weighted by molar-refractivity contribution is 5.55. The predicted molar refractivity (Wildman–Crippen MR) is 85.4 cm³/mol. The Morgan fingerprint density at radius 1 is 1.35 bits per heavy atom. The second kappa shape index (κ2) is 7.65. The third kappa shape index (κ3) is 3.74. The molecule has 0 aromatic heterocycles. The SMILES string of the molecule is CCCNCc1ccc(N2CCOCC2CC)c(C)c1. The van der Waals surface area contributed by atoms with Crippen molar-refractivity contribution in [2.24, 2.45) is 0 Å². The predicted octanol–water partition coefficient (Wildman–Crippen LogP) is 3.11. The monoisotopic (exact) mass is 276 g/mol. The van der Waals surface area contributed by atoms with Gasteiger partial charge in [-0.05, 0) is 43.5 Å². The second-order valence-electron chi connectivity index (χ2n) is 5.63. The summed E-state index contributed by atoms with van der Waals surface area (Å²) in [5.74, 6) is 0. The lowest BCUT2D eigenvalue weighted by molar-refractivity contribution is 0.0929. The minimum Gasteiger partial charge on any atom is -0.377 e. The van der Waals surface area contributed by atoms with Gasteiger partial charge in [0, 0.05) is 18.8 Å². The summed E-state index contributed by atoms with van der Waals surface area (Å²) in [6.45, 7) is 11.4. The summed E-state index contributed by atoms with van der Waals surface area (Å²) < 4.78 is 5.60. The summed E-state index contributed by atoms with van der Waals surface area (Å²) in [6, 6.07) is 7.38. The molecule has 1 heterocycles. The zero-order valence-electron chi connectivity index (χ0n) is 13.1. The van der Waals surface area contributed by atoms with Crippen LogP contribution in [0.25, 0.3) is 0 Å². The summed E-state index contributed by atoms with van der Waals surface area (Å²) in [4.78, 5) is 2.52. The molecule has 0 radical (unpaired) electrons. The number of morpholine rings is 1. The molecule has 1 atom stereocenters. The van der Waals surface area contributed by atoms with Crippen molar-refractivity contribution in [2.45, 2.75) is 46.2 Å². The van der Waals surface area contributed by atoms with Gasteiger partial charge in [-0.2, -0.15) is 0 Å². The zero-order chi connectivity index (χ0) is 14.4. The van der Waals surface area contributed by atoms with Crippen molar-refractivity contribution in [3.8, 4) is 0 Å². The number of hydrogen-bond acceptors (Lipinski definition) is 3. The van der Waals surface area contributed by atoms with Crippen LogP contribution in [0.5, 0.6) is 0 Å². The van der Waals surface area contributed by atoms with Crippen LogP contribution in [-0.4, -0.2) is 32.3 Å². The van der Waals surface area contributed by atoms with Gasteiger partial charge >= 0.3 is 0 Å². The van der Waals surface area contributed by atoms with Crippen molar-refractivity contribution in [3.63, 3.8) is 0 Å². The highest BCUT2D eigenvalue weighted by Gasteiger charge is 2.22. The lowest BCUT2D eigenvalue weighted by atomic mass is 10.1. The molecule has 0 amide bonds. The van der Waals surface area contributed by atoms with E-state index in [0.717, 1.165) is 39.3 Å². The first-order valence-electron chi connectivity index (χ1n) is 7.90. The third-order valence-electron chi connectivity index (χ3n) is 4.03. The number of benzene rings is 1. The van der Waals surface area contributed by atoms with Crippen molar-refractivity contribution in [2.75, 3.05) is 31.2 Å². The summed E-state index contributed by atoms with van der Waals surface area (Å²) in [6.07, 6.45) is 2.32. The van der Waals surface area contributed by atoms with Gasteiger partial charge in [0.1, 0.15) is 0 Å². The van der Waals surface area contributed by atoms with Crippen molar-refractivity contribution < 1.29 is 4.74 Å². The molecule has 0 aliphatic carbocycles. The van der Waals surface area contributed by atoms with Crippen molar-refractivity contribution >= 4 is 5.69 Å². The molecular formula is C17H28N2O. The Bertz CT molecular complexity index is 419. The van der Waals surface area contributed by atoms with Gasteiger partial charge in [-0.3, -0.25) is 0 Å². The Kier molecular flexibility index (Phi) is 5.86. The van der Waals surface area contributed by atoms with Crippen LogP contribution < -0.4 is 10.2 Å². The minimum atomic E-state index is 0.520. The number of nitrogens with zero attached hydrogens (tertiary/aromatic N) is 1. The molecule has 1 fully saturated rings. The first-order chi connectivity index (χ1) is 9.76. The van der Waals surface area contributed by atoms with Gasteiger partial charge in [-0.1, -0.05) is 26.0 Å². The molecule has 1 aliphatic rings. The molecule has 3 heteroatoms. The third-order valence-corrected chi connectivity index (χ3v) is 4.03. The number of rotatable bonds is 6. The Hall–Kier alpha value is -1.06. The van der Waals surface area contributed by atoms with E-state index in [1.807, 2.05) is 0 Å². The average Bonchev–Trinajstić information content (AvgIpc) is 2.48. The van der Waals surface area contributed by atoms with Crippen LogP contribution in [0.2, 0.25) is 0 Å². The van der Waals surface area contributed by atoms with E-state index in [1.54, 1.807) is 0 Å². The van der Waals surface area contributed by atoms with Gasteiger partial charge in [0.25, 0.3) is 0 Å².